The molecule has 0 fully saturated rings. The van der Waals surface area contributed by atoms with E-state index in [0.717, 1.165) is 5.56 Å². The average molecular weight is 239 g/mol. The molecule has 1 unspecified atom stereocenters. The van der Waals surface area contributed by atoms with Crippen molar-refractivity contribution in [3.63, 3.8) is 0 Å². The summed E-state index contributed by atoms with van der Waals surface area (Å²) in [4.78, 5) is 10.9. The fraction of sp³-hybridized carbons (Fsp3) is 0.0667. The van der Waals surface area contributed by atoms with Gasteiger partial charge in [-0.1, -0.05) is 55.1 Å². The lowest BCUT2D eigenvalue weighted by molar-refractivity contribution is -0.132. The summed E-state index contributed by atoms with van der Waals surface area (Å²) in [6.07, 6.45) is 6.28. The number of nitriles is 1. The van der Waals surface area contributed by atoms with E-state index in [-0.39, 0.29) is 5.57 Å². The first kappa shape index (κ1) is 13.5. The molecule has 0 radical (unpaired) electrons. The smallest absolute Gasteiger partial charge is 0.331 e. The molecule has 3 nitrogen and oxygen atoms in total. The van der Waals surface area contributed by atoms with Crippen molar-refractivity contribution in [2.45, 2.75) is 0 Å². The zero-order chi connectivity index (χ0) is 13.4. The van der Waals surface area contributed by atoms with Crippen molar-refractivity contribution in [3.8, 4) is 6.07 Å². The number of rotatable bonds is 5. The number of hydrogen-bond acceptors (Lipinski definition) is 2. The van der Waals surface area contributed by atoms with Gasteiger partial charge in [-0.15, -0.1) is 0 Å². The molecule has 3 heteroatoms. The third-order valence-corrected chi connectivity index (χ3v) is 2.35. The number of carboxylic acid groups (broad SMARTS) is 1. The lowest BCUT2D eigenvalue weighted by Gasteiger charge is -2.06. The van der Waals surface area contributed by atoms with Crippen LogP contribution in [0.25, 0.3) is 6.08 Å². The van der Waals surface area contributed by atoms with Crippen LogP contribution in [-0.2, 0) is 4.79 Å². The molecular weight excluding hydrogens is 226 g/mol. The molecule has 0 saturated carbocycles. The van der Waals surface area contributed by atoms with E-state index in [9.17, 15) is 4.79 Å². The molecule has 0 saturated heterocycles. The highest BCUT2D eigenvalue weighted by Crippen LogP contribution is 2.15. The van der Waals surface area contributed by atoms with Gasteiger partial charge in [0.2, 0.25) is 0 Å². The Hall–Kier alpha value is -2.60. The van der Waals surface area contributed by atoms with Crippen LogP contribution in [0.3, 0.4) is 0 Å². The number of hydrogen-bond donors (Lipinski definition) is 1. The van der Waals surface area contributed by atoms with Crippen LogP contribution < -0.4 is 0 Å². The minimum Gasteiger partial charge on any atom is -0.478 e. The number of nitrogens with zero attached hydrogens (tertiary/aromatic N) is 1. The summed E-state index contributed by atoms with van der Waals surface area (Å²) in [5, 5.41) is 17.4. The maximum atomic E-state index is 10.9. The zero-order valence-corrected chi connectivity index (χ0v) is 9.78. The van der Waals surface area contributed by atoms with Gasteiger partial charge in [-0.25, -0.2) is 4.79 Å². The maximum Gasteiger partial charge on any atom is 0.331 e. The van der Waals surface area contributed by atoms with Crippen LogP contribution in [-0.4, -0.2) is 11.1 Å². The fourth-order valence-electron chi connectivity index (χ4n) is 1.36. The molecule has 0 spiro atoms. The molecule has 90 valence electrons. The predicted octanol–water partition coefficient (Wildman–Crippen LogP) is 3.04. The summed E-state index contributed by atoms with van der Waals surface area (Å²) >= 11 is 0. The molecule has 1 rings (SSSR count). The van der Waals surface area contributed by atoms with Crippen molar-refractivity contribution >= 4 is 12.0 Å². The summed E-state index contributed by atoms with van der Waals surface area (Å²) in [5.74, 6) is -1.55. The van der Waals surface area contributed by atoms with Gasteiger partial charge >= 0.3 is 5.97 Å². The Morgan fingerprint density at radius 1 is 1.33 bits per heavy atom. The standard InChI is InChI=1S/C15H13NO2/c1-12(15(17)18)14(8-5-11-16)10-9-13-6-3-2-4-7-13/h2-10,14H,1H2,(H,17,18). The third-order valence-electron chi connectivity index (χ3n) is 2.35. The second-order valence-electron chi connectivity index (χ2n) is 3.61. The first-order valence-electron chi connectivity index (χ1n) is 5.36. The van der Waals surface area contributed by atoms with Crippen LogP contribution >= 0.6 is 0 Å². The Kier molecular flexibility index (Phi) is 5.14. The first-order chi connectivity index (χ1) is 8.65. The van der Waals surface area contributed by atoms with Gasteiger partial charge in [0.15, 0.2) is 0 Å². The minimum absolute atomic E-state index is 0.0358. The van der Waals surface area contributed by atoms with Gasteiger partial charge in [0, 0.05) is 17.6 Å². The third kappa shape index (κ3) is 4.11. The minimum atomic E-state index is -1.07. The van der Waals surface area contributed by atoms with Gasteiger partial charge < -0.3 is 5.11 Å². The van der Waals surface area contributed by atoms with E-state index in [2.05, 4.69) is 6.58 Å². The van der Waals surface area contributed by atoms with Gasteiger partial charge in [-0.3, -0.25) is 0 Å². The van der Waals surface area contributed by atoms with E-state index in [0.29, 0.717) is 0 Å². The molecule has 1 aromatic rings. The molecule has 0 amide bonds. The summed E-state index contributed by atoms with van der Waals surface area (Å²) in [7, 11) is 0. The van der Waals surface area contributed by atoms with Crippen LogP contribution in [0.15, 0.2) is 60.7 Å². The predicted molar refractivity (Wildman–Crippen MR) is 70.5 cm³/mol. The molecule has 0 aliphatic rings. The van der Waals surface area contributed by atoms with E-state index in [1.165, 1.54) is 12.2 Å². The van der Waals surface area contributed by atoms with Crippen LogP contribution in [0.4, 0.5) is 0 Å². The molecule has 0 aliphatic heterocycles. The zero-order valence-electron chi connectivity index (χ0n) is 9.78. The maximum absolute atomic E-state index is 10.9. The van der Waals surface area contributed by atoms with E-state index in [1.807, 2.05) is 36.4 Å². The Bertz CT molecular complexity index is 521. The normalized spacial score (nSPS) is 12.4. The summed E-state index contributed by atoms with van der Waals surface area (Å²) in [6.45, 7) is 3.51. The van der Waals surface area contributed by atoms with Crippen LogP contribution in [0, 0.1) is 17.2 Å². The number of aliphatic carboxylic acids is 1. The highest BCUT2D eigenvalue weighted by Gasteiger charge is 2.12. The topological polar surface area (TPSA) is 61.1 Å². The molecule has 0 heterocycles. The Morgan fingerprint density at radius 3 is 2.56 bits per heavy atom. The van der Waals surface area contributed by atoms with Crippen molar-refractivity contribution in [2.24, 2.45) is 5.92 Å². The quantitative estimate of drug-likeness (QED) is 0.634. The van der Waals surface area contributed by atoms with E-state index in [4.69, 9.17) is 10.4 Å². The summed E-state index contributed by atoms with van der Waals surface area (Å²) in [6, 6.07) is 11.4. The van der Waals surface area contributed by atoms with Crippen molar-refractivity contribution in [1.82, 2.24) is 0 Å². The second-order valence-corrected chi connectivity index (χ2v) is 3.61. The molecule has 0 bridgehead atoms. The SMILES string of the molecule is C=C(C(=O)O)C(C=CC#N)C=Cc1ccccc1. The van der Waals surface area contributed by atoms with Gasteiger partial charge in [0.25, 0.3) is 0 Å². The van der Waals surface area contributed by atoms with E-state index >= 15 is 0 Å². The molecule has 1 aromatic carbocycles. The van der Waals surface area contributed by atoms with Gasteiger partial charge in [0.1, 0.15) is 0 Å². The first-order valence-corrected chi connectivity index (χ1v) is 5.36. The molecular formula is C15H13NO2. The average Bonchev–Trinajstić information content (AvgIpc) is 2.39. The van der Waals surface area contributed by atoms with Crippen molar-refractivity contribution in [2.75, 3.05) is 0 Å². The Balaban J connectivity index is 2.89. The van der Waals surface area contributed by atoms with Crippen molar-refractivity contribution in [1.29, 1.82) is 5.26 Å². The van der Waals surface area contributed by atoms with Gasteiger partial charge in [-0.05, 0) is 5.56 Å². The van der Waals surface area contributed by atoms with Crippen LogP contribution in [0.1, 0.15) is 5.56 Å². The molecule has 1 N–H and O–H groups in total. The van der Waals surface area contributed by atoms with Crippen molar-refractivity contribution in [3.05, 3.63) is 66.3 Å². The lowest BCUT2D eigenvalue weighted by atomic mass is 9.98. The summed E-state index contributed by atoms with van der Waals surface area (Å²) in [5.41, 5.74) is 1.000. The largest absolute Gasteiger partial charge is 0.478 e. The van der Waals surface area contributed by atoms with Crippen LogP contribution in [0.2, 0.25) is 0 Å². The summed E-state index contributed by atoms with van der Waals surface area (Å²) < 4.78 is 0. The Labute approximate surface area is 106 Å². The number of carboxylic acids is 1. The van der Waals surface area contributed by atoms with Crippen molar-refractivity contribution < 1.29 is 9.90 Å². The molecule has 0 aliphatic carbocycles. The monoisotopic (exact) mass is 239 g/mol. The van der Waals surface area contributed by atoms with Gasteiger partial charge in [0.05, 0.1) is 6.07 Å². The molecule has 0 aromatic heterocycles. The Morgan fingerprint density at radius 2 is 2.00 bits per heavy atom. The fourth-order valence-corrected chi connectivity index (χ4v) is 1.36. The lowest BCUT2D eigenvalue weighted by Crippen LogP contribution is -2.07. The molecule has 1 atom stereocenters. The second kappa shape index (κ2) is 6.87. The highest BCUT2D eigenvalue weighted by molar-refractivity contribution is 5.87. The molecule has 18 heavy (non-hydrogen) atoms. The van der Waals surface area contributed by atoms with E-state index in [1.54, 1.807) is 12.2 Å². The van der Waals surface area contributed by atoms with Gasteiger partial charge in [-0.2, -0.15) is 5.26 Å². The number of benzene rings is 1. The highest BCUT2D eigenvalue weighted by atomic mass is 16.4. The number of carbonyl (C=O) groups is 1. The van der Waals surface area contributed by atoms with Crippen LogP contribution in [0.5, 0.6) is 0 Å². The number of allylic oxidation sites excluding steroid dienone is 3. The van der Waals surface area contributed by atoms with E-state index < -0.39 is 11.9 Å².